The Morgan fingerprint density at radius 2 is 2.03 bits per heavy atom. The minimum absolute atomic E-state index is 0.175. The van der Waals surface area contributed by atoms with Gasteiger partial charge >= 0.3 is 0 Å². The number of para-hydroxylation sites is 1. The van der Waals surface area contributed by atoms with Crippen LogP contribution in [0.15, 0.2) is 48.7 Å². The predicted octanol–water partition coefficient (Wildman–Crippen LogP) is 5.04. The molecule has 30 heavy (non-hydrogen) atoms. The van der Waals surface area contributed by atoms with Crippen molar-refractivity contribution in [1.29, 1.82) is 0 Å². The third-order valence-corrected chi connectivity index (χ3v) is 5.30. The molecule has 0 radical (unpaired) electrons. The zero-order valence-corrected chi connectivity index (χ0v) is 17.7. The second kappa shape index (κ2) is 9.09. The van der Waals surface area contributed by atoms with Crippen LogP contribution in [-0.4, -0.2) is 27.4 Å². The minimum Gasteiger partial charge on any atom is -0.362 e. The number of carbonyl (C=O) groups excluding carboxylic acids is 1. The van der Waals surface area contributed by atoms with E-state index in [1.165, 1.54) is 0 Å². The number of anilines is 3. The van der Waals surface area contributed by atoms with Gasteiger partial charge < -0.3 is 20.9 Å². The fourth-order valence-electron chi connectivity index (χ4n) is 3.66. The van der Waals surface area contributed by atoms with Gasteiger partial charge in [0, 0.05) is 36.1 Å². The number of Topliss-reactive ketones (excluding diaryl/α,β-unsaturated/α-hetero) is 1. The summed E-state index contributed by atoms with van der Waals surface area (Å²) in [5.74, 6) is 0.834. The highest BCUT2D eigenvalue weighted by atomic mass is 32.1. The van der Waals surface area contributed by atoms with Crippen molar-refractivity contribution in [2.75, 3.05) is 17.2 Å². The van der Waals surface area contributed by atoms with Crippen LogP contribution in [0.4, 0.5) is 17.2 Å². The largest absolute Gasteiger partial charge is 0.362 e. The maximum Gasteiger partial charge on any atom is 0.171 e. The summed E-state index contributed by atoms with van der Waals surface area (Å²) >= 11 is 5.33. The van der Waals surface area contributed by atoms with E-state index in [-0.39, 0.29) is 5.78 Å². The Kier molecular flexibility index (Phi) is 6.09. The number of thiocarbonyl (C=S) groups is 1. The number of nitrogens with zero attached hydrogens (tertiary/aromatic N) is 1. The standard InChI is InChI=1S/C23H25N5OS/c1-2-12-25-23(30)28-19-14-15(11-13-24-19)21-22(26-16-7-4-3-5-8-16)20-17(27-21)9-6-10-18(20)29/h3-5,7-8,11,13-14,26-27H,2,6,9-10,12H2,1H3,(H2,24,25,28,30). The lowest BCUT2D eigenvalue weighted by Crippen LogP contribution is -2.29. The van der Waals surface area contributed by atoms with E-state index in [2.05, 4.69) is 32.8 Å². The van der Waals surface area contributed by atoms with Gasteiger partial charge in [-0.2, -0.15) is 0 Å². The number of benzene rings is 1. The number of pyridine rings is 1. The molecule has 154 valence electrons. The number of nitrogens with one attached hydrogen (secondary N) is 4. The predicted molar refractivity (Wildman–Crippen MR) is 126 cm³/mol. The Morgan fingerprint density at radius 1 is 1.20 bits per heavy atom. The maximum absolute atomic E-state index is 12.7. The summed E-state index contributed by atoms with van der Waals surface area (Å²) in [6.07, 6.45) is 5.05. The molecule has 4 N–H and O–H groups in total. The molecule has 2 aromatic heterocycles. The zero-order chi connectivity index (χ0) is 20.9. The third-order valence-electron chi connectivity index (χ3n) is 5.06. The number of rotatable bonds is 6. The van der Waals surface area contributed by atoms with Crippen LogP contribution in [0.1, 0.15) is 42.2 Å². The average molecular weight is 420 g/mol. The van der Waals surface area contributed by atoms with E-state index in [1.807, 2.05) is 42.5 Å². The molecule has 0 fully saturated rings. The van der Waals surface area contributed by atoms with Crippen molar-refractivity contribution in [2.24, 2.45) is 0 Å². The van der Waals surface area contributed by atoms with E-state index < -0.39 is 0 Å². The molecule has 0 amide bonds. The quantitative estimate of drug-likeness (QED) is 0.419. The Hall–Kier alpha value is -3.19. The van der Waals surface area contributed by atoms with Crippen molar-refractivity contribution in [3.8, 4) is 11.3 Å². The van der Waals surface area contributed by atoms with E-state index >= 15 is 0 Å². The number of hydrogen-bond donors (Lipinski definition) is 4. The molecular formula is C23H25N5OS. The van der Waals surface area contributed by atoms with Crippen molar-refractivity contribution in [1.82, 2.24) is 15.3 Å². The second-order valence-corrected chi connectivity index (χ2v) is 7.72. The Balaban J connectivity index is 1.71. The highest BCUT2D eigenvalue weighted by Crippen LogP contribution is 2.39. The molecule has 0 saturated carbocycles. The van der Waals surface area contributed by atoms with Gasteiger partial charge in [-0.25, -0.2) is 4.98 Å². The molecule has 0 unspecified atom stereocenters. The first-order valence-electron chi connectivity index (χ1n) is 10.3. The Bertz CT molecular complexity index is 1060. The second-order valence-electron chi connectivity index (χ2n) is 7.31. The lowest BCUT2D eigenvalue weighted by Gasteiger charge is -2.14. The van der Waals surface area contributed by atoms with Crippen LogP contribution in [0.2, 0.25) is 0 Å². The van der Waals surface area contributed by atoms with E-state index in [9.17, 15) is 4.79 Å². The molecule has 4 rings (SSSR count). The van der Waals surface area contributed by atoms with Crippen LogP contribution >= 0.6 is 12.2 Å². The molecule has 6 nitrogen and oxygen atoms in total. The topological polar surface area (TPSA) is 81.8 Å². The molecule has 7 heteroatoms. The van der Waals surface area contributed by atoms with Gasteiger partial charge in [0.1, 0.15) is 5.82 Å². The summed E-state index contributed by atoms with van der Waals surface area (Å²) in [6.45, 7) is 2.90. The smallest absolute Gasteiger partial charge is 0.171 e. The molecule has 1 aliphatic rings. The molecule has 0 saturated heterocycles. The number of aryl methyl sites for hydroxylation is 1. The van der Waals surface area contributed by atoms with Gasteiger partial charge in [-0.1, -0.05) is 25.1 Å². The minimum atomic E-state index is 0.175. The molecule has 0 atom stereocenters. The zero-order valence-electron chi connectivity index (χ0n) is 16.9. The highest BCUT2D eigenvalue weighted by Gasteiger charge is 2.27. The van der Waals surface area contributed by atoms with Gasteiger partial charge in [-0.3, -0.25) is 4.79 Å². The van der Waals surface area contributed by atoms with Crippen molar-refractivity contribution < 1.29 is 4.79 Å². The molecular weight excluding hydrogens is 394 g/mol. The Morgan fingerprint density at radius 3 is 2.83 bits per heavy atom. The van der Waals surface area contributed by atoms with Crippen LogP contribution in [0.3, 0.4) is 0 Å². The number of hydrogen-bond acceptors (Lipinski definition) is 4. The van der Waals surface area contributed by atoms with Crippen LogP contribution in [0.5, 0.6) is 0 Å². The SMILES string of the molecule is CCCNC(=S)Nc1cc(-c2[nH]c3c(c2Nc2ccccc2)C(=O)CCC3)ccn1. The highest BCUT2D eigenvalue weighted by molar-refractivity contribution is 7.80. The number of aromatic nitrogens is 2. The van der Waals surface area contributed by atoms with Gasteiger partial charge in [0.25, 0.3) is 0 Å². The number of fused-ring (bicyclic) bond motifs is 1. The number of carbonyl (C=O) groups is 1. The van der Waals surface area contributed by atoms with Gasteiger partial charge in [0.05, 0.1) is 16.9 Å². The van der Waals surface area contributed by atoms with Crippen molar-refractivity contribution in [3.05, 3.63) is 59.9 Å². The van der Waals surface area contributed by atoms with E-state index in [0.717, 1.165) is 59.7 Å². The van der Waals surface area contributed by atoms with Crippen molar-refractivity contribution in [3.63, 3.8) is 0 Å². The number of aromatic amines is 1. The van der Waals surface area contributed by atoms with Crippen molar-refractivity contribution >= 4 is 40.3 Å². The first-order valence-corrected chi connectivity index (χ1v) is 10.7. The lowest BCUT2D eigenvalue weighted by atomic mass is 9.95. The van der Waals surface area contributed by atoms with Gasteiger partial charge in [-0.15, -0.1) is 0 Å². The van der Waals surface area contributed by atoms with Gasteiger partial charge in [0.2, 0.25) is 0 Å². The molecule has 2 heterocycles. The van der Waals surface area contributed by atoms with Crippen LogP contribution in [0, 0.1) is 0 Å². The number of H-pyrrole nitrogens is 1. The summed E-state index contributed by atoms with van der Waals surface area (Å²) in [7, 11) is 0. The van der Waals surface area contributed by atoms with Gasteiger partial charge in [0.15, 0.2) is 10.9 Å². The van der Waals surface area contributed by atoms with Crippen LogP contribution in [-0.2, 0) is 6.42 Å². The summed E-state index contributed by atoms with van der Waals surface area (Å²) in [5.41, 5.74) is 5.35. The normalized spacial score (nSPS) is 12.9. The first-order chi connectivity index (χ1) is 14.7. The first kappa shape index (κ1) is 20.1. The molecule has 1 aliphatic carbocycles. The average Bonchev–Trinajstić information content (AvgIpc) is 3.13. The summed E-state index contributed by atoms with van der Waals surface area (Å²) in [6, 6.07) is 13.8. The molecule has 1 aromatic carbocycles. The maximum atomic E-state index is 12.7. The van der Waals surface area contributed by atoms with E-state index in [4.69, 9.17) is 12.2 Å². The number of ketones is 1. The fraction of sp³-hybridized carbons (Fsp3) is 0.261. The monoisotopic (exact) mass is 419 g/mol. The summed E-state index contributed by atoms with van der Waals surface area (Å²) in [5, 5.41) is 10.3. The van der Waals surface area contributed by atoms with Crippen molar-refractivity contribution in [2.45, 2.75) is 32.6 Å². The van der Waals surface area contributed by atoms with E-state index in [1.54, 1.807) is 6.20 Å². The van der Waals surface area contributed by atoms with Crippen LogP contribution in [0.25, 0.3) is 11.3 Å². The summed E-state index contributed by atoms with van der Waals surface area (Å²) in [4.78, 5) is 20.6. The third kappa shape index (κ3) is 4.36. The molecule has 0 bridgehead atoms. The van der Waals surface area contributed by atoms with Gasteiger partial charge in [-0.05, 0) is 55.7 Å². The van der Waals surface area contributed by atoms with E-state index in [0.29, 0.717) is 17.4 Å². The fourth-order valence-corrected chi connectivity index (χ4v) is 3.87. The lowest BCUT2D eigenvalue weighted by molar-refractivity contribution is 0.0973. The summed E-state index contributed by atoms with van der Waals surface area (Å²) < 4.78 is 0. The van der Waals surface area contributed by atoms with Crippen LogP contribution < -0.4 is 16.0 Å². The Labute approximate surface area is 181 Å². The molecule has 3 aromatic rings. The molecule has 0 spiro atoms. The molecule has 0 aliphatic heterocycles.